The molecule has 178 valence electrons. The van der Waals surface area contributed by atoms with E-state index in [0.717, 1.165) is 19.3 Å². The zero-order valence-corrected chi connectivity index (χ0v) is 19.0. The number of amides is 2. The molecule has 2 aromatic carbocycles. The Morgan fingerprint density at radius 3 is 2.24 bits per heavy atom. The van der Waals surface area contributed by atoms with Gasteiger partial charge in [0.2, 0.25) is 5.91 Å². The normalized spacial score (nSPS) is 25.1. The van der Waals surface area contributed by atoms with E-state index in [2.05, 4.69) is 34.9 Å². The highest BCUT2D eigenvalue weighted by Crippen LogP contribution is 2.44. The van der Waals surface area contributed by atoms with E-state index < -0.39 is 12.1 Å². The summed E-state index contributed by atoms with van der Waals surface area (Å²) >= 11 is 0. The highest BCUT2D eigenvalue weighted by Gasteiger charge is 2.39. The van der Waals surface area contributed by atoms with E-state index in [9.17, 15) is 14.4 Å². The van der Waals surface area contributed by atoms with Crippen LogP contribution in [0.2, 0.25) is 0 Å². The number of aliphatic carboxylic acids is 1. The van der Waals surface area contributed by atoms with E-state index in [1.807, 2.05) is 24.3 Å². The third kappa shape index (κ3) is 4.39. The molecule has 2 fully saturated rings. The number of carbonyl (C=O) groups is 3. The summed E-state index contributed by atoms with van der Waals surface area (Å²) in [7, 11) is 0. The summed E-state index contributed by atoms with van der Waals surface area (Å²) in [4.78, 5) is 36.2. The van der Waals surface area contributed by atoms with Gasteiger partial charge in [0.05, 0.1) is 5.92 Å². The molecule has 2 amide bonds. The van der Waals surface area contributed by atoms with Crippen molar-refractivity contribution in [1.29, 1.82) is 0 Å². The molecule has 0 bridgehead atoms. The third-order valence-corrected chi connectivity index (χ3v) is 7.68. The fourth-order valence-electron chi connectivity index (χ4n) is 5.74. The number of nitrogens with one attached hydrogen (secondary N) is 2. The van der Waals surface area contributed by atoms with Crippen LogP contribution in [0, 0.1) is 17.8 Å². The lowest BCUT2D eigenvalue weighted by molar-refractivity contribution is -0.146. The number of alkyl carbamates (subject to hydrolysis) is 1. The van der Waals surface area contributed by atoms with Crippen molar-refractivity contribution in [3.63, 3.8) is 0 Å². The minimum atomic E-state index is -0.795. The molecular formula is C27H30N2O5. The number of benzene rings is 2. The van der Waals surface area contributed by atoms with Crippen LogP contribution < -0.4 is 10.6 Å². The van der Waals surface area contributed by atoms with Gasteiger partial charge in [-0.2, -0.15) is 0 Å². The summed E-state index contributed by atoms with van der Waals surface area (Å²) in [6.45, 7) is 0.665. The van der Waals surface area contributed by atoms with Crippen molar-refractivity contribution < 1.29 is 24.2 Å². The predicted molar refractivity (Wildman–Crippen MR) is 126 cm³/mol. The zero-order valence-electron chi connectivity index (χ0n) is 19.0. The van der Waals surface area contributed by atoms with Gasteiger partial charge in [0.25, 0.3) is 0 Å². The van der Waals surface area contributed by atoms with Gasteiger partial charge in [-0.3, -0.25) is 9.59 Å². The second kappa shape index (κ2) is 9.49. The van der Waals surface area contributed by atoms with E-state index in [0.29, 0.717) is 19.4 Å². The largest absolute Gasteiger partial charge is 0.481 e. The third-order valence-electron chi connectivity index (χ3n) is 7.68. The van der Waals surface area contributed by atoms with Gasteiger partial charge in [-0.1, -0.05) is 55.0 Å². The molecule has 0 spiro atoms. The van der Waals surface area contributed by atoms with Gasteiger partial charge < -0.3 is 20.5 Å². The van der Waals surface area contributed by atoms with Crippen molar-refractivity contribution in [1.82, 2.24) is 10.6 Å². The van der Waals surface area contributed by atoms with Gasteiger partial charge in [0.15, 0.2) is 0 Å². The highest BCUT2D eigenvalue weighted by molar-refractivity contribution is 5.81. The van der Waals surface area contributed by atoms with Crippen LogP contribution in [0.15, 0.2) is 48.5 Å². The molecule has 3 aliphatic carbocycles. The first-order valence-corrected chi connectivity index (χ1v) is 12.1. The maximum absolute atomic E-state index is 12.7. The molecule has 34 heavy (non-hydrogen) atoms. The second-order valence-electron chi connectivity index (χ2n) is 9.72. The maximum atomic E-state index is 12.7. The Kier molecular flexibility index (Phi) is 6.26. The SMILES string of the molecule is O=C(NCC1CCCC1C(=O)NC1CC(C(=O)O)C1)OCC1c2ccccc2-c2ccccc21. The fourth-order valence-corrected chi connectivity index (χ4v) is 5.74. The Bertz CT molecular complexity index is 1050. The lowest BCUT2D eigenvalue weighted by atomic mass is 9.80. The van der Waals surface area contributed by atoms with E-state index in [1.54, 1.807) is 0 Å². The van der Waals surface area contributed by atoms with Gasteiger partial charge in [-0.15, -0.1) is 0 Å². The van der Waals surface area contributed by atoms with E-state index >= 15 is 0 Å². The first-order valence-electron chi connectivity index (χ1n) is 12.1. The summed E-state index contributed by atoms with van der Waals surface area (Å²) in [6.07, 6.45) is 3.14. The summed E-state index contributed by atoms with van der Waals surface area (Å²) < 4.78 is 5.61. The maximum Gasteiger partial charge on any atom is 0.407 e. The second-order valence-corrected chi connectivity index (χ2v) is 9.72. The van der Waals surface area contributed by atoms with E-state index in [4.69, 9.17) is 9.84 Å². The minimum absolute atomic E-state index is 0.0141. The van der Waals surface area contributed by atoms with Gasteiger partial charge in [-0.05, 0) is 53.9 Å². The van der Waals surface area contributed by atoms with Crippen LogP contribution in [0.4, 0.5) is 4.79 Å². The van der Waals surface area contributed by atoms with E-state index in [1.165, 1.54) is 22.3 Å². The van der Waals surface area contributed by atoms with Crippen LogP contribution in [0.3, 0.4) is 0 Å². The molecular weight excluding hydrogens is 432 g/mol. The average Bonchev–Trinajstić information content (AvgIpc) is 3.41. The van der Waals surface area contributed by atoms with Crippen molar-refractivity contribution >= 4 is 18.0 Å². The monoisotopic (exact) mass is 462 g/mol. The van der Waals surface area contributed by atoms with Crippen LogP contribution >= 0.6 is 0 Å². The smallest absolute Gasteiger partial charge is 0.407 e. The molecule has 0 saturated heterocycles. The van der Waals surface area contributed by atoms with Crippen molar-refractivity contribution in [2.45, 2.75) is 44.1 Å². The molecule has 5 rings (SSSR count). The number of ether oxygens (including phenoxy) is 1. The zero-order chi connectivity index (χ0) is 23.7. The standard InChI is InChI=1S/C27H30N2O5/c30-25(29-18-12-17(13-18)26(31)32)19-11-5-6-16(19)14-28-27(33)34-15-24-22-9-3-1-7-20(22)21-8-2-4-10-23(21)24/h1-4,7-10,16-19,24H,5-6,11-15H2,(H,28,33)(H,29,30)(H,31,32). The fraction of sp³-hybridized carbons (Fsp3) is 0.444. The molecule has 2 saturated carbocycles. The number of carboxylic acids is 1. The first-order chi connectivity index (χ1) is 16.5. The Labute approximate surface area is 198 Å². The van der Waals surface area contributed by atoms with Crippen molar-refractivity contribution in [2.75, 3.05) is 13.2 Å². The van der Waals surface area contributed by atoms with E-state index in [-0.39, 0.29) is 42.2 Å². The molecule has 2 unspecified atom stereocenters. The molecule has 3 N–H and O–H groups in total. The Morgan fingerprint density at radius 1 is 0.941 bits per heavy atom. The number of rotatable bonds is 7. The Balaban J connectivity index is 1.11. The number of carboxylic acid groups (broad SMARTS) is 1. The molecule has 0 radical (unpaired) electrons. The molecule has 7 nitrogen and oxygen atoms in total. The molecule has 2 atom stereocenters. The van der Waals surface area contributed by atoms with Crippen LogP contribution in [0.5, 0.6) is 0 Å². The summed E-state index contributed by atoms with van der Waals surface area (Å²) in [5, 5.41) is 14.9. The predicted octanol–water partition coefficient (Wildman–Crippen LogP) is 3.92. The highest BCUT2D eigenvalue weighted by atomic mass is 16.5. The number of hydrogen-bond donors (Lipinski definition) is 3. The lowest BCUT2D eigenvalue weighted by Crippen LogP contribution is -2.49. The molecule has 7 heteroatoms. The van der Waals surface area contributed by atoms with Gasteiger partial charge in [-0.25, -0.2) is 4.79 Å². The van der Waals surface area contributed by atoms with Crippen molar-refractivity contribution in [2.24, 2.45) is 17.8 Å². The molecule has 0 aromatic heterocycles. The molecule has 0 aliphatic heterocycles. The lowest BCUT2D eigenvalue weighted by Gasteiger charge is -2.34. The average molecular weight is 463 g/mol. The van der Waals surface area contributed by atoms with Gasteiger partial charge >= 0.3 is 12.1 Å². The van der Waals surface area contributed by atoms with Crippen molar-refractivity contribution in [3.8, 4) is 11.1 Å². The minimum Gasteiger partial charge on any atom is -0.481 e. The quantitative estimate of drug-likeness (QED) is 0.579. The van der Waals surface area contributed by atoms with Gasteiger partial charge in [0, 0.05) is 24.4 Å². The summed E-state index contributed by atoms with van der Waals surface area (Å²) in [5.41, 5.74) is 4.72. The number of fused-ring (bicyclic) bond motifs is 3. The Hall–Kier alpha value is -3.35. The number of carbonyl (C=O) groups excluding carboxylic acids is 2. The van der Waals surface area contributed by atoms with Crippen LogP contribution in [-0.4, -0.2) is 42.3 Å². The van der Waals surface area contributed by atoms with Crippen LogP contribution in [0.1, 0.15) is 49.1 Å². The first kappa shape index (κ1) is 22.4. The summed E-state index contributed by atoms with van der Waals surface area (Å²) in [5.74, 6) is -1.24. The summed E-state index contributed by atoms with van der Waals surface area (Å²) in [6, 6.07) is 16.4. The van der Waals surface area contributed by atoms with Gasteiger partial charge in [0.1, 0.15) is 6.61 Å². The Morgan fingerprint density at radius 2 is 1.59 bits per heavy atom. The van der Waals surface area contributed by atoms with Crippen LogP contribution in [0.25, 0.3) is 11.1 Å². The van der Waals surface area contributed by atoms with Crippen LogP contribution in [-0.2, 0) is 14.3 Å². The van der Waals surface area contributed by atoms with Crippen molar-refractivity contribution in [3.05, 3.63) is 59.7 Å². The molecule has 3 aliphatic rings. The molecule has 2 aromatic rings. The topological polar surface area (TPSA) is 105 Å². The number of hydrogen-bond acceptors (Lipinski definition) is 4. The molecule has 0 heterocycles.